The second-order valence-electron chi connectivity index (χ2n) is 5.08. The van der Waals surface area contributed by atoms with Crippen LogP contribution in [0, 0.1) is 0 Å². The second-order valence-corrected chi connectivity index (χ2v) is 5.08. The Labute approximate surface area is 125 Å². The lowest BCUT2D eigenvalue weighted by molar-refractivity contribution is 0.524. The number of nitrogens with zero attached hydrogens (tertiary/aromatic N) is 3. The maximum Gasteiger partial charge on any atom is 0.271 e. The zero-order valence-electron chi connectivity index (χ0n) is 12.8. The van der Waals surface area contributed by atoms with Crippen molar-refractivity contribution in [1.82, 2.24) is 20.1 Å². The molecule has 1 atom stereocenters. The van der Waals surface area contributed by atoms with Gasteiger partial charge in [-0.2, -0.15) is 5.10 Å². The number of pyridine rings is 1. The van der Waals surface area contributed by atoms with Crippen molar-refractivity contribution in [3.05, 3.63) is 46.4 Å². The van der Waals surface area contributed by atoms with Crippen LogP contribution in [0.25, 0.3) is 11.4 Å². The van der Waals surface area contributed by atoms with Gasteiger partial charge in [-0.3, -0.25) is 9.78 Å². The van der Waals surface area contributed by atoms with E-state index >= 15 is 0 Å². The zero-order chi connectivity index (χ0) is 15.2. The topological polar surface area (TPSA) is 59.8 Å². The summed E-state index contributed by atoms with van der Waals surface area (Å²) in [4.78, 5) is 16.6. The molecular formula is C16H22N4O. The van der Waals surface area contributed by atoms with E-state index in [1.165, 1.54) is 4.68 Å². The highest BCUT2D eigenvalue weighted by Crippen LogP contribution is 2.13. The molecule has 5 heteroatoms. The lowest BCUT2D eigenvalue weighted by Gasteiger charge is -2.13. The van der Waals surface area contributed by atoms with E-state index in [0.717, 1.165) is 23.4 Å². The summed E-state index contributed by atoms with van der Waals surface area (Å²) < 4.78 is 1.50. The fourth-order valence-electron chi connectivity index (χ4n) is 2.01. The van der Waals surface area contributed by atoms with Gasteiger partial charge in [0, 0.05) is 30.9 Å². The van der Waals surface area contributed by atoms with Crippen molar-refractivity contribution >= 4 is 0 Å². The maximum atomic E-state index is 12.3. The summed E-state index contributed by atoms with van der Waals surface area (Å²) in [6, 6.07) is 7.91. The molecule has 1 unspecified atom stereocenters. The molecular weight excluding hydrogens is 264 g/mol. The Morgan fingerprint density at radius 3 is 2.71 bits per heavy atom. The molecule has 0 aromatic carbocycles. The van der Waals surface area contributed by atoms with E-state index in [4.69, 9.17) is 0 Å². The molecule has 0 radical (unpaired) electrons. The number of aromatic nitrogens is 3. The van der Waals surface area contributed by atoms with E-state index in [0.29, 0.717) is 19.1 Å². The summed E-state index contributed by atoms with van der Waals surface area (Å²) >= 11 is 0. The van der Waals surface area contributed by atoms with E-state index < -0.39 is 0 Å². The van der Waals surface area contributed by atoms with Gasteiger partial charge in [-0.1, -0.05) is 13.0 Å². The van der Waals surface area contributed by atoms with Crippen LogP contribution in [-0.2, 0) is 13.1 Å². The molecule has 0 spiro atoms. The monoisotopic (exact) mass is 286 g/mol. The highest BCUT2D eigenvalue weighted by Gasteiger charge is 2.10. The van der Waals surface area contributed by atoms with Crippen LogP contribution in [0.3, 0.4) is 0 Å². The molecule has 2 aromatic rings. The van der Waals surface area contributed by atoms with Crippen LogP contribution in [0.1, 0.15) is 32.8 Å². The number of hydrogen-bond acceptors (Lipinski definition) is 4. The molecule has 0 saturated heterocycles. The predicted octanol–water partition coefficient (Wildman–Crippen LogP) is 2.21. The van der Waals surface area contributed by atoms with Crippen molar-refractivity contribution in [2.45, 2.75) is 46.3 Å². The van der Waals surface area contributed by atoms with Gasteiger partial charge in [0.1, 0.15) is 5.69 Å². The van der Waals surface area contributed by atoms with Crippen LogP contribution in [0.4, 0.5) is 0 Å². The van der Waals surface area contributed by atoms with Crippen LogP contribution in [0.2, 0.25) is 0 Å². The van der Waals surface area contributed by atoms with Crippen LogP contribution in [0.15, 0.2) is 35.3 Å². The molecule has 0 aliphatic rings. The summed E-state index contributed by atoms with van der Waals surface area (Å²) in [5.74, 6) is 0. The Balaban J connectivity index is 2.38. The Bertz CT molecular complexity index is 636. The summed E-state index contributed by atoms with van der Waals surface area (Å²) in [5.41, 5.74) is 2.21. The van der Waals surface area contributed by atoms with Crippen LogP contribution >= 0.6 is 0 Å². The minimum Gasteiger partial charge on any atom is -0.310 e. The van der Waals surface area contributed by atoms with Gasteiger partial charge in [-0.05, 0) is 38.5 Å². The Kier molecular flexibility index (Phi) is 5.22. The lowest BCUT2D eigenvalue weighted by atomic mass is 10.2. The van der Waals surface area contributed by atoms with Crippen molar-refractivity contribution in [3.8, 4) is 11.4 Å². The largest absolute Gasteiger partial charge is 0.310 e. The van der Waals surface area contributed by atoms with Crippen molar-refractivity contribution < 1.29 is 0 Å². The first-order chi connectivity index (χ1) is 10.2. The standard InChI is InChI=1S/C16H22N4O/c1-4-12(3)18-11-13-10-15(14-8-6-7-9-17-14)19-20(5-2)16(13)21/h6-10,12,18H,4-5,11H2,1-3H3. The molecule has 2 heterocycles. The second kappa shape index (κ2) is 7.13. The van der Waals surface area contributed by atoms with Gasteiger partial charge >= 0.3 is 0 Å². The van der Waals surface area contributed by atoms with Crippen molar-refractivity contribution in [3.63, 3.8) is 0 Å². The van der Waals surface area contributed by atoms with E-state index in [2.05, 4.69) is 29.2 Å². The van der Waals surface area contributed by atoms with Gasteiger partial charge < -0.3 is 5.32 Å². The maximum absolute atomic E-state index is 12.3. The Hall–Kier alpha value is -2.01. The van der Waals surface area contributed by atoms with Gasteiger partial charge in [0.05, 0.1) is 5.69 Å². The van der Waals surface area contributed by atoms with E-state index in [-0.39, 0.29) is 5.56 Å². The highest BCUT2D eigenvalue weighted by molar-refractivity contribution is 5.53. The minimum absolute atomic E-state index is 0.0343. The quantitative estimate of drug-likeness (QED) is 0.884. The van der Waals surface area contributed by atoms with E-state index in [1.807, 2.05) is 31.2 Å². The van der Waals surface area contributed by atoms with Gasteiger partial charge in [0.15, 0.2) is 0 Å². The molecule has 112 valence electrons. The molecule has 0 saturated carbocycles. The average molecular weight is 286 g/mol. The van der Waals surface area contributed by atoms with Gasteiger partial charge in [0.2, 0.25) is 0 Å². The predicted molar refractivity (Wildman–Crippen MR) is 84.0 cm³/mol. The van der Waals surface area contributed by atoms with E-state index in [1.54, 1.807) is 6.20 Å². The molecule has 0 aliphatic heterocycles. The van der Waals surface area contributed by atoms with Crippen molar-refractivity contribution in [2.24, 2.45) is 0 Å². The Morgan fingerprint density at radius 2 is 2.10 bits per heavy atom. The highest BCUT2D eigenvalue weighted by atomic mass is 16.1. The fraction of sp³-hybridized carbons (Fsp3) is 0.438. The number of rotatable bonds is 6. The minimum atomic E-state index is -0.0343. The first-order valence-electron chi connectivity index (χ1n) is 7.41. The molecule has 0 aliphatic carbocycles. The molecule has 21 heavy (non-hydrogen) atoms. The third kappa shape index (κ3) is 3.76. The number of hydrogen-bond donors (Lipinski definition) is 1. The van der Waals surface area contributed by atoms with Gasteiger partial charge in [-0.15, -0.1) is 0 Å². The van der Waals surface area contributed by atoms with Crippen LogP contribution in [-0.4, -0.2) is 20.8 Å². The lowest BCUT2D eigenvalue weighted by Crippen LogP contribution is -2.32. The average Bonchev–Trinajstić information content (AvgIpc) is 2.54. The molecule has 0 amide bonds. The summed E-state index contributed by atoms with van der Waals surface area (Å²) in [7, 11) is 0. The molecule has 2 rings (SSSR count). The van der Waals surface area contributed by atoms with Crippen molar-refractivity contribution in [1.29, 1.82) is 0 Å². The van der Waals surface area contributed by atoms with E-state index in [9.17, 15) is 4.79 Å². The third-order valence-corrected chi connectivity index (χ3v) is 3.53. The van der Waals surface area contributed by atoms with Crippen LogP contribution < -0.4 is 10.9 Å². The molecule has 0 bridgehead atoms. The van der Waals surface area contributed by atoms with Crippen LogP contribution in [0.5, 0.6) is 0 Å². The van der Waals surface area contributed by atoms with Crippen molar-refractivity contribution in [2.75, 3.05) is 0 Å². The number of nitrogens with one attached hydrogen (secondary N) is 1. The Morgan fingerprint density at radius 1 is 1.29 bits per heavy atom. The SMILES string of the molecule is CCC(C)NCc1cc(-c2ccccn2)nn(CC)c1=O. The summed E-state index contributed by atoms with van der Waals surface area (Å²) in [5, 5.41) is 7.74. The fourth-order valence-corrected chi connectivity index (χ4v) is 2.01. The third-order valence-electron chi connectivity index (χ3n) is 3.53. The smallest absolute Gasteiger partial charge is 0.271 e. The zero-order valence-corrected chi connectivity index (χ0v) is 12.8. The molecule has 5 nitrogen and oxygen atoms in total. The normalized spacial score (nSPS) is 12.3. The van der Waals surface area contributed by atoms with Gasteiger partial charge in [-0.25, -0.2) is 4.68 Å². The first-order valence-corrected chi connectivity index (χ1v) is 7.41. The van der Waals surface area contributed by atoms with Gasteiger partial charge in [0.25, 0.3) is 5.56 Å². The number of aryl methyl sites for hydroxylation is 1. The molecule has 0 fully saturated rings. The summed E-state index contributed by atoms with van der Waals surface area (Å²) in [6.45, 7) is 7.25. The molecule has 2 aromatic heterocycles. The summed E-state index contributed by atoms with van der Waals surface area (Å²) in [6.07, 6.45) is 2.76. The first kappa shape index (κ1) is 15.4. The molecule has 1 N–H and O–H groups in total.